The maximum atomic E-state index is 12.8. The average Bonchev–Trinajstić information content (AvgIpc) is 3.04. The summed E-state index contributed by atoms with van der Waals surface area (Å²) in [6.45, 7) is 2.66. The van der Waals surface area contributed by atoms with Crippen LogP contribution in [0.3, 0.4) is 0 Å². The van der Waals surface area contributed by atoms with Crippen LogP contribution in [-0.4, -0.2) is 40.9 Å². The second-order valence-corrected chi connectivity index (χ2v) is 7.90. The lowest BCUT2D eigenvalue weighted by molar-refractivity contribution is -0.137. The third-order valence-electron chi connectivity index (χ3n) is 5.38. The van der Waals surface area contributed by atoms with Crippen LogP contribution in [0.5, 0.6) is 0 Å². The first-order valence-corrected chi connectivity index (χ1v) is 10.5. The molecule has 0 spiro atoms. The van der Waals surface area contributed by atoms with Gasteiger partial charge in [0, 0.05) is 32.4 Å². The van der Waals surface area contributed by atoms with Crippen molar-refractivity contribution in [3.63, 3.8) is 0 Å². The standard InChI is InChI=1S/C22H21ClF3N5O/c23-20-18(14-28-31(21(20)32)15-16-5-2-1-3-6-16)29-9-4-10-30(12-11-29)19-8-7-17(13-27-19)22(24,25)26/h1-3,5-8,13-14H,4,9-12,15H2. The van der Waals surface area contributed by atoms with Gasteiger partial charge in [0.2, 0.25) is 0 Å². The largest absolute Gasteiger partial charge is 0.417 e. The second kappa shape index (κ2) is 9.20. The molecule has 3 aromatic rings. The number of benzene rings is 1. The number of alkyl halides is 3. The van der Waals surface area contributed by atoms with Gasteiger partial charge in [0.1, 0.15) is 10.8 Å². The number of hydrogen-bond donors (Lipinski definition) is 0. The Kier molecular flexibility index (Phi) is 6.36. The van der Waals surface area contributed by atoms with Crippen molar-refractivity contribution in [2.75, 3.05) is 36.0 Å². The third kappa shape index (κ3) is 4.88. The Bertz CT molecular complexity index is 1120. The first kappa shape index (κ1) is 22.1. The monoisotopic (exact) mass is 463 g/mol. The highest BCUT2D eigenvalue weighted by Gasteiger charge is 2.31. The predicted octanol–water partition coefficient (Wildman–Crippen LogP) is 4.08. The molecular formula is C22H21ClF3N5O. The van der Waals surface area contributed by atoms with E-state index in [1.807, 2.05) is 40.1 Å². The van der Waals surface area contributed by atoms with Crippen LogP contribution in [0.1, 0.15) is 17.5 Å². The normalized spacial score (nSPS) is 15.0. The molecule has 1 saturated heterocycles. The number of nitrogens with zero attached hydrogens (tertiary/aromatic N) is 5. The van der Waals surface area contributed by atoms with Gasteiger partial charge in [-0.2, -0.15) is 18.3 Å². The number of anilines is 2. The van der Waals surface area contributed by atoms with E-state index in [0.717, 1.165) is 24.2 Å². The van der Waals surface area contributed by atoms with Gasteiger partial charge < -0.3 is 9.80 Å². The van der Waals surface area contributed by atoms with E-state index < -0.39 is 11.7 Å². The molecular weight excluding hydrogens is 443 g/mol. The molecule has 0 amide bonds. The molecule has 1 fully saturated rings. The van der Waals surface area contributed by atoms with E-state index in [9.17, 15) is 18.0 Å². The van der Waals surface area contributed by atoms with Gasteiger partial charge in [-0.3, -0.25) is 4.79 Å². The van der Waals surface area contributed by atoms with E-state index in [1.54, 1.807) is 6.20 Å². The Labute approximate surface area is 187 Å². The number of rotatable bonds is 4. The molecule has 1 aromatic carbocycles. The molecule has 0 bridgehead atoms. The zero-order valence-electron chi connectivity index (χ0n) is 17.1. The SMILES string of the molecule is O=c1c(Cl)c(N2CCCN(c3ccc(C(F)(F)F)cn3)CC2)cnn1Cc1ccccc1. The third-order valence-corrected chi connectivity index (χ3v) is 5.73. The highest BCUT2D eigenvalue weighted by molar-refractivity contribution is 6.33. The molecule has 168 valence electrons. The summed E-state index contributed by atoms with van der Waals surface area (Å²) in [5.41, 5.74) is 0.369. The summed E-state index contributed by atoms with van der Waals surface area (Å²) in [6.07, 6.45) is -1.23. The number of pyridine rings is 1. The summed E-state index contributed by atoms with van der Waals surface area (Å²) in [4.78, 5) is 20.6. The topological polar surface area (TPSA) is 54.3 Å². The maximum Gasteiger partial charge on any atom is 0.417 e. The molecule has 6 nitrogen and oxygen atoms in total. The minimum Gasteiger partial charge on any atom is -0.367 e. The Morgan fingerprint density at radius 3 is 2.34 bits per heavy atom. The summed E-state index contributed by atoms with van der Waals surface area (Å²) >= 11 is 6.42. The Morgan fingerprint density at radius 2 is 1.66 bits per heavy atom. The minimum atomic E-state index is -4.41. The first-order valence-electron chi connectivity index (χ1n) is 10.2. The summed E-state index contributed by atoms with van der Waals surface area (Å²) < 4.78 is 39.7. The van der Waals surface area contributed by atoms with Crippen LogP contribution >= 0.6 is 11.6 Å². The van der Waals surface area contributed by atoms with Crippen LogP contribution in [-0.2, 0) is 12.7 Å². The fraction of sp³-hybridized carbons (Fsp3) is 0.318. The van der Waals surface area contributed by atoms with Crippen molar-refractivity contribution < 1.29 is 13.2 Å². The van der Waals surface area contributed by atoms with E-state index in [0.29, 0.717) is 44.2 Å². The van der Waals surface area contributed by atoms with Gasteiger partial charge in [-0.25, -0.2) is 9.67 Å². The lowest BCUT2D eigenvalue weighted by Gasteiger charge is -2.25. The molecule has 10 heteroatoms. The van der Waals surface area contributed by atoms with Gasteiger partial charge in [0.05, 0.1) is 24.0 Å². The van der Waals surface area contributed by atoms with Gasteiger partial charge in [-0.1, -0.05) is 41.9 Å². The molecule has 1 aliphatic heterocycles. The molecule has 0 unspecified atom stereocenters. The van der Waals surface area contributed by atoms with Crippen LogP contribution < -0.4 is 15.4 Å². The van der Waals surface area contributed by atoms with Crippen LogP contribution in [0.4, 0.5) is 24.7 Å². The molecule has 1 aliphatic rings. The molecule has 0 N–H and O–H groups in total. The smallest absolute Gasteiger partial charge is 0.367 e. The summed E-state index contributed by atoms with van der Waals surface area (Å²) in [7, 11) is 0. The molecule has 0 aliphatic carbocycles. The Hall–Kier alpha value is -3.07. The van der Waals surface area contributed by atoms with Gasteiger partial charge in [-0.05, 0) is 24.1 Å². The fourth-order valence-electron chi connectivity index (χ4n) is 3.67. The summed E-state index contributed by atoms with van der Waals surface area (Å²) in [5.74, 6) is 0.488. The maximum absolute atomic E-state index is 12.8. The molecule has 4 rings (SSSR count). The summed E-state index contributed by atoms with van der Waals surface area (Å²) in [5, 5.41) is 4.40. The van der Waals surface area contributed by atoms with Crippen molar-refractivity contribution in [2.24, 2.45) is 0 Å². The van der Waals surface area contributed by atoms with E-state index in [2.05, 4.69) is 10.1 Å². The second-order valence-electron chi connectivity index (χ2n) is 7.52. The number of hydrogen-bond acceptors (Lipinski definition) is 5. The molecule has 0 radical (unpaired) electrons. The van der Waals surface area contributed by atoms with Gasteiger partial charge >= 0.3 is 6.18 Å². The van der Waals surface area contributed by atoms with Crippen molar-refractivity contribution in [1.82, 2.24) is 14.8 Å². The van der Waals surface area contributed by atoms with Crippen molar-refractivity contribution in [3.8, 4) is 0 Å². The van der Waals surface area contributed by atoms with Crippen molar-refractivity contribution >= 4 is 23.1 Å². The van der Waals surface area contributed by atoms with Crippen molar-refractivity contribution in [1.29, 1.82) is 0 Å². The van der Waals surface area contributed by atoms with Gasteiger partial charge in [0.15, 0.2) is 0 Å². The molecule has 32 heavy (non-hydrogen) atoms. The van der Waals surface area contributed by atoms with Crippen LogP contribution in [0.2, 0.25) is 5.02 Å². The first-order chi connectivity index (χ1) is 15.3. The number of halogens is 4. The van der Waals surface area contributed by atoms with Crippen LogP contribution in [0.25, 0.3) is 0 Å². The van der Waals surface area contributed by atoms with E-state index in [1.165, 1.54) is 10.7 Å². The van der Waals surface area contributed by atoms with E-state index >= 15 is 0 Å². The van der Waals surface area contributed by atoms with Gasteiger partial charge in [0.25, 0.3) is 5.56 Å². The minimum absolute atomic E-state index is 0.108. The van der Waals surface area contributed by atoms with E-state index in [4.69, 9.17) is 11.6 Å². The molecule has 0 saturated carbocycles. The lowest BCUT2D eigenvalue weighted by Crippen LogP contribution is -2.33. The Morgan fingerprint density at radius 1 is 0.938 bits per heavy atom. The zero-order chi connectivity index (χ0) is 22.7. The predicted molar refractivity (Wildman–Crippen MR) is 117 cm³/mol. The highest BCUT2D eigenvalue weighted by atomic mass is 35.5. The lowest BCUT2D eigenvalue weighted by atomic mass is 10.2. The quantitative estimate of drug-likeness (QED) is 0.583. The highest BCUT2D eigenvalue weighted by Crippen LogP contribution is 2.30. The van der Waals surface area contributed by atoms with Crippen molar-refractivity contribution in [2.45, 2.75) is 19.1 Å². The Balaban J connectivity index is 1.47. The average molecular weight is 464 g/mol. The van der Waals surface area contributed by atoms with Crippen LogP contribution in [0.15, 0.2) is 59.7 Å². The fourth-order valence-corrected chi connectivity index (χ4v) is 3.94. The van der Waals surface area contributed by atoms with Gasteiger partial charge in [-0.15, -0.1) is 0 Å². The van der Waals surface area contributed by atoms with E-state index in [-0.39, 0.29) is 10.6 Å². The zero-order valence-corrected chi connectivity index (χ0v) is 17.9. The summed E-state index contributed by atoms with van der Waals surface area (Å²) in [6, 6.07) is 11.9. The van der Waals surface area contributed by atoms with Crippen molar-refractivity contribution in [3.05, 3.63) is 81.4 Å². The molecule has 0 atom stereocenters. The molecule has 2 aromatic heterocycles. The number of aromatic nitrogens is 3. The molecule has 3 heterocycles. The van der Waals surface area contributed by atoms with Crippen LogP contribution in [0, 0.1) is 0 Å².